The van der Waals surface area contributed by atoms with Gasteiger partial charge in [-0.2, -0.15) is 0 Å². The van der Waals surface area contributed by atoms with Crippen LogP contribution in [0.3, 0.4) is 0 Å². The van der Waals surface area contributed by atoms with Crippen LogP contribution in [-0.4, -0.2) is 11.7 Å². The second-order valence-electron chi connectivity index (χ2n) is 3.00. The summed E-state index contributed by atoms with van der Waals surface area (Å²) in [5.41, 5.74) is 0.775. The second kappa shape index (κ2) is 5.89. The maximum absolute atomic E-state index is 8.89. The van der Waals surface area contributed by atoms with Crippen molar-refractivity contribution in [3.8, 4) is 5.75 Å². The molecule has 1 heterocycles. The van der Waals surface area contributed by atoms with E-state index in [0.717, 1.165) is 16.7 Å². The zero-order chi connectivity index (χ0) is 9.97. The maximum atomic E-state index is 8.89. The van der Waals surface area contributed by atoms with E-state index in [1.54, 1.807) is 0 Å². The molecule has 4 heteroatoms. The van der Waals surface area contributed by atoms with Crippen LogP contribution in [0.5, 0.6) is 5.75 Å². The minimum atomic E-state index is -0.0708. The molecule has 0 saturated carbocycles. The van der Waals surface area contributed by atoms with E-state index in [-0.39, 0.29) is 50.7 Å². The van der Waals surface area contributed by atoms with Crippen LogP contribution in [0.4, 0.5) is 0 Å². The molecule has 1 aromatic heterocycles. The molecule has 0 saturated heterocycles. The molecular formula is C11H12AcO3. The molecule has 1 N–H and O–H groups in total. The van der Waals surface area contributed by atoms with Crippen LogP contribution in [-0.2, 0) is 6.61 Å². The Labute approximate surface area is 124 Å². The van der Waals surface area contributed by atoms with Gasteiger partial charge in [0.2, 0.25) is 0 Å². The summed E-state index contributed by atoms with van der Waals surface area (Å²) in [6.07, 6.45) is 0. The summed E-state index contributed by atoms with van der Waals surface area (Å²) in [6.45, 7) is 2.52. The van der Waals surface area contributed by atoms with Crippen molar-refractivity contribution >= 4 is 11.0 Å². The topological polar surface area (TPSA) is 42.6 Å². The molecule has 3 nitrogen and oxygen atoms in total. The van der Waals surface area contributed by atoms with E-state index in [1.165, 1.54) is 0 Å². The van der Waals surface area contributed by atoms with E-state index in [9.17, 15) is 0 Å². The Balaban J connectivity index is 0.00000112. The Kier molecular flexibility index (Phi) is 5.11. The molecule has 0 spiro atoms. The number of aliphatic hydroxyl groups is 1. The quantitative estimate of drug-likeness (QED) is 0.831. The average Bonchev–Trinajstić information content (AvgIpc) is 2.60. The molecule has 1 radical (unpaired) electrons. The van der Waals surface area contributed by atoms with Gasteiger partial charge in [-0.25, -0.2) is 0 Å². The van der Waals surface area contributed by atoms with Gasteiger partial charge in [0.1, 0.15) is 23.7 Å². The number of hydrogen-bond acceptors (Lipinski definition) is 3. The Morgan fingerprint density at radius 2 is 2.13 bits per heavy atom. The molecule has 0 fully saturated rings. The van der Waals surface area contributed by atoms with Crippen molar-refractivity contribution in [2.45, 2.75) is 13.5 Å². The molecule has 0 unspecified atom stereocenters. The fraction of sp³-hybridized carbons (Fsp3) is 0.273. The number of fused-ring (bicyclic) bond motifs is 1. The minimum Gasteiger partial charge on any atom is -0.494 e. The third-order valence-electron chi connectivity index (χ3n) is 2.01. The Morgan fingerprint density at radius 1 is 1.33 bits per heavy atom. The van der Waals surface area contributed by atoms with Crippen LogP contribution in [0.25, 0.3) is 11.0 Å². The molecule has 0 aliphatic carbocycles. The summed E-state index contributed by atoms with van der Waals surface area (Å²) in [5, 5.41) is 9.84. The normalized spacial score (nSPS) is 10.0. The third kappa shape index (κ3) is 2.96. The van der Waals surface area contributed by atoms with Gasteiger partial charge in [0.05, 0.1) is 6.61 Å². The number of rotatable bonds is 3. The molecule has 0 atom stereocenters. The fourth-order valence-electron chi connectivity index (χ4n) is 1.41. The van der Waals surface area contributed by atoms with Crippen molar-refractivity contribution < 1.29 is 58.3 Å². The maximum Gasteiger partial charge on any atom is 0.134 e. The second-order valence-corrected chi connectivity index (χ2v) is 3.00. The van der Waals surface area contributed by atoms with Crippen LogP contribution in [0.1, 0.15) is 12.7 Å². The summed E-state index contributed by atoms with van der Waals surface area (Å²) in [5.74, 6) is 1.40. The molecule has 0 amide bonds. The molecule has 15 heavy (non-hydrogen) atoms. The summed E-state index contributed by atoms with van der Waals surface area (Å²) >= 11 is 0. The van der Waals surface area contributed by atoms with Crippen molar-refractivity contribution in [2.24, 2.45) is 0 Å². The summed E-state index contributed by atoms with van der Waals surface area (Å²) in [7, 11) is 0. The Hall–Kier alpha value is -0.0384. The number of furan rings is 1. The first-order chi connectivity index (χ1) is 6.83. The predicted octanol–water partition coefficient (Wildman–Crippen LogP) is 2.32. The van der Waals surface area contributed by atoms with E-state index in [2.05, 4.69) is 0 Å². The molecule has 2 aromatic rings. The molecule has 2 rings (SSSR count). The van der Waals surface area contributed by atoms with E-state index in [1.807, 2.05) is 31.2 Å². The van der Waals surface area contributed by atoms with Gasteiger partial charge in [-0.05, 0) is 31.2 Å². The van der Waals surface area contributed by atoms with Gasteiger partial charge < -0.3 is 14.3 Å². The fourth-order valence-corrected chi connectivity index (χ4v) is 1.41. The standard InChI is InChI=1S/C11H12O3.Ac/c1-2-13-9-3-4-11-8(5-9)6-10(7-12)14-11;/h3-6,12H,2,7H2,1H3;. The van der Waals surface area contributed by atoms with Gasteiger partial charge in [0.25, 0.3) is 0 Å². The van der Waals surface area contributed by atoms with Crippen LogP contribution in [0.2, 0.25) is 0 Å². The van der Waals surface area contributed by atoms with Gasteiger partial charge in [-0.1, -0.05) is 0 Å². The SMILES string of the molecule is CCOc1ccc2oc(CO)cc2c1.[Ac]. The van der Waals surface area contributed by atoms with Crippen LogP contribution in [0.15, 0.2) is 28.7 Å². The van der Waals surface area contributed by atoms with E-state index < -0.39 is 0 Å². The van der Waals surface area contributed by atoms with E-state index in [0.29, 0.717) is 12.4 Å². The monoisotopic (exact) mass is 419 g/mol. The Bertz CT molecular complexity index is 436. The van der Waals surface area contributed by atoms with E-state index in [4.69, 9.17) is 14.3 Å². The van der Waals surface area contributed by atoms with Gasteiger partial charge in [-0.3, -0.25) is 0 Å². The van der Waals surface area contributed by atoms with Crippen molar-refractivity contribution in [1.82, 2.24) is 0 Å². The molecular weight excluding hydrogens is 407 g/mol. The molecule has 0 bridgehead atoms. The van der Waals surface area contributed by atoms with E-state index >= 15 is 0 Å². The molecule has 77 valence electrons. The molecule has 1 aromatic carbocycles. The molecule has 0 aliphatic heterocycles. The third-order valence-corrected chi connectivity index (χ3v) is 2.01. The minimum absolute atomic E-state index is 0. The van der Waals surface area contributed by atoms with Gasteiger partial charge in [0, 0.05) is 49.4 Å². The zero-order valence-electron chi connectivity index (χ0n) is 8.56. The number of aliphatic hydroxyl groups excluding tert-OH is 1. The summed E-state index contributed by atoms with van der Waals surface area (Å²) in [4.78, 5) is 0. The summed E-state index contributed by atoms with van der Waals surface area (Å²) in [6, 6.07) is 7.43. The number of benzene rings is 1. The van der Waals surface area contributed by atoms with Crippen LogP contribution in [0, 0.1) is 44.1 Å². The van der Waals surface area contributed by atoms with Crippen molar-refractivity contribution in [1.29, 1.82) is 0 Å². The Morgan fingerprint density at radius 3 is 2.80 bits per heavy atom. The van der Waals surface area contributed by atoms with Crippen molar-refractivity contribution in [3.05, 3.63) is 30.0 Å². The van der Waals surface area contributed by atoms with Gasteiger partial charge in [0.15, 0.2) is 0 Å². The smallest absolute Gasteiger partial charge is 0.134 e. The zero-order valence-corrected chi connectivity index (χ0v) is 13.3. The van der Waals surface area contributed by atoms with Crippen molar-refractivity contribution in [3.63, 3.8) is 0 Å². The summed E-state index contributed by atoms with van der Waals surface area (Å²) < 4.78 is 10.7. The average molecular weight is 419 g/mol. The van der Waals surface area contributed by atoms with Crippen LogP contribution >= 0.6 is 0 Å². The van der Waals surface area contributed by atoms with Crippen molar-refractivity contribution in [2.75, 3.05) is 6.61 Å². The van der Waals surface area contributed by atoms with Crippen LogP contribution < -0.4 is 4.74 Å². The van der Waals surface area contributed by atoms with Gasteiger partial charge in [-0.15, -0.1) is 0 Å². The first kappa shape index (κ1) is 13.0. The largest absolute Gasteiger partial charge is 0.494 e. The first-order valence-corrected chi connectivity index (χ1v) is 4.59. The number of hydrogen-bond donors (Lipinski definition) is 1. The first-order valence-electron chi connectivity index (χ1n) is 4.59. The molecule has 0 aliphatic rings. The number of ether oxygens (including phenoxy) is 1. The predicted molar refractivity (Wildman–Crippen MR) is 53.3 cm³/mol. The van der Waals surface area contributed by atoms with Gasteiger partial charge >= 0.3 is 0 Å².